The number of rotatable bonds is 4. The highest BCUT2D eigenvalue weighted by atomic mass is 35.5. The number of benzene rings is 1. The fourth-order valence-corrected chi connectivity index (χ4v) is 1.26. The number of alkyl halides is 2. The van der Waals surface area contributed by atoms with E-state index in [1.54, 1.807) is 0 Å². The van der Waals surface area contributed by atoms with Gasteiger partial charge in [0.2, 0.25) is 0 Å². The minimum atomic E-state index is -2.94. The zero-order valence-electron chi connectivity index (χ0n) is 8.82. The second-order valence-electron chi connectivity index (χ2n) is 2.92. The van der Waals surface area contributed by atoms with Crippen molar-refractivity contribution in [3.05, 3.63) is 34.9 Å². The van der Waals surface area contributed by atoms with Crippen LogP contribution >= 0.6 is 11.6 Å². The van der Waals surface area contributed by atoms with Crippen molar-refractivity contribution in [1.29, 1.82) is 0 Å². The molecule has 0 radical (unpaired) electrons. The van der Waals surface area contributed by atoms with E-state index in [9.17, 15) is 13.6 Å². The Hall–Kier alpha value is -1.62. The Morgan fingerprint density at radius 3 is 2.76 bits per heavy atom. The van der Waals surface area contributed by atoms with Crippen molar-refractivity contribution in [1.82, 2.24) is 0 Å². The molecular formula is C11H9ClF2O3. The maximum Gasteiger partial charge on any atom is 0.387 e. The van der Waals surface area contributed by atoms with E-state index in [-0.39, 0.29) is 11.3 Å². The fourth-order valence-electron chi connectivity index (χ4n) is 1.08. The highest BCUT2D eigenvalue weighted by Crippen LogP contribution is 2.25. The SMILES string of the molecule is COC(=O)/C=C/c1cc(Cl)ccc1OC(F)F. The van der Waals surface area contributed by atoms with Crippen LogP contribution in [-0.2, 0) is 9.53 Å². The Balaban J connectivity index is 2.98. The van der Waals surface area contributed by atoms with Gasteiger partial charge < -0.3 is 9.47 Å². The number of esters is 1. The molecule has 0 amide bonds. The van der Waals surface area contributed by atoms with Crippen molar-refractivity contribution < 1.29 is 23.0 Å². The summed E-state index contributed by atoms with van der Waals surface area (Å²) < 4.78 is 32.8. The molecule has 0 N–H and O–H groups in total. The second kappa shape index (κ2) is 6.20. The largest absolute Gasteiger partial charge is 0.466 e. The molecule has 0 unspecified atom stereocenters. The Kier molecular flexibility index (Phi) is 4.90. The standard InChI is InChI=1S/C11H9ClF2O3/c1-16-10(15)5-2-7-6-8(12)3-4-9(7)17-11(13)14/h2-6,11H,1H3/b5-2+. The van der Waals surface area contributed by atoms with Crippen LogP contribution in [0, 0.1) is 0 Å². The average Bonchev–Trinajstić information content (AvgIpc) is 2.28. The molecule has 1 aromatic rings. The van der Waals surface area contributed by atoms with E-state index in [1.807, 2.05) is 0 Å². The molecule has 0 aliphatic carbocycles. The second-order valence-corrected chi connectivity index (χ2v) is 3.35. The molecule has 17 heavy (non-hydrogen) atoms. The predicted octanol–water partition coefficient (Wildman–Crippen LogP) is 3.13. The lowest BCUT2D eigenvalue weighted by molar-refractivity contribution is -0.134. The van der Waals surface area contributed by atoms with Gasteiger partial charge in [0.25, 0.3) is 0 Å². The lowest BCUT2D eigenvalue weighted by Crippen LogP contribution is -2.03. The summed E-state index contributed by atoms with van der Waals surface area (Å²) in [6.45, 7) is -2.94. The number of carbonyl (C=O) groups excluding carboxylic acids is 1. The first-order valence-corrected chi connectivity index (χ1v) is 4.91. The summed E-state index contributed by atoms with van der Waals surface area (Å²) >= 11 is 5.71. The summed E-state index contributed by atoms with van der Waals surface area (Å²) in [6.07, 6.45) is 2.37. The van der Waals surface area contributed by atoms with Gasteiger partial charge in [0, 0.05) is 16.7 Å². The number of methoxy groups -OCH3 is 1. The van der Waals surface area contributed by atoms with Crippen molar-refractivity contribution in [3.63, 3.8) is 0 Å². The molecule has 0 fully saturated rings. The zero-order chi connectivity index (χ0) is 12.8. The highest BCUT2D eigenvalue weighted by molar-refractivity contribution is 6.30. The number of hydrogen-bond acceptors (Lipinski definition) is 3. The summed E-state index contributed by atoms with van der Waals surface area (Å²) in [5.41, 5.74) is 0.267. The van der Waals surface area contributed by atoms with E-state index in [2.05, 4.69) is 9.47 Å². The molecule has 0 spiro atoms. The maximum atomic E-state index is 12.1. The molecule has 0 aliphatic heterocycles. The Morgan fingerprint density at radius 2 is 2.18 bits per heavy atom. The van der Waals surface area contributed by atoms with Crippen LogP contribution in [0.25, 0.3) is 6.08 Å². The molecule has 92 valence electrons. The van der Waals surface area contributed by atoms with Gasteiger partial charge in [0.15, 0.2) is 0 Å². The number of ether oxygens (including phenoxy) is 2. The Bertz CT molecular complexity index is 433. The van der Waals surface area contributed by atoms with Gasteiger partial charge in [-0.1, -0.05) is 11.6 Å². The molecule has 0 saturated heterocycles. The van der Waals surface area contributed by atoms with E-state index in [0.717, 1.165) is 6.08 Å². The van der Waals surface area contributed by atoms with Gasteiger partial charge >= 0.3 is 12.6 Å². The van der Waals surface area contributed by atoms with Gasteiger partial charge in [0.1, 0.15) is 5.75 Å². The number of hydrogen-bond donors (Lipinski definition) is 0. The van der Waals surface area contributed by atoms with E-state index >= 15 is 0 Å². The molecule has 0 heterocycles. The minimum absolute atomic E-state index is 0.0652. The smallest absolute Gasteiger partial charge is 0.387 e. The summed E-state index contributed by atoms with van der Waals surface area (Å²) in [4.78, 5) is 10.9. The summed E-state index contributed by atoms with van der Waals surface area (Å²) in [6, 6.07) is 4.11. The Labute approximate surface area is 102 Å². The average molecular weight is 263 g/mol. The van der Waals surface area contributed by atoms with Gasteiger partial charge in [-0.15, -0.1) is 0 Å². The minimum Gasteiger partial charge on any atom is -0.466 e. The maximum absolute atomic E-state index is 12.1. The van der Waals surface area contributed by atoms with Crippen LogP contribution in [-0.4, -0.2) is 19.7 Å². The third-order valence-electron chi connectivity index (χ3n) is 1.79. The van der Waals surface area contributed by atoms with Gasteiger partial charge in [-0.3, -0.25) is 0 Å². The van der Waals surface area contributed by atoms with E-state index in [1.165, 1.54) is 31.4 Å². The molecular weight excluding hydrogens is 254 g/mol. The molecule has 0 aliphatic rings. The molecule has 0 atom stereocenters. The third-order valence-corrected chi connectivity index (χ3v) is 2.02. The van der Waals surface area contributed by atoms with Crippen molar-refractivity contribution >= 4 is 23.6 Å². The Morgan fingerprint density at radius 1 is 1.47 bits per heavy atom. The van der Waals surface area contributed by atoms with Crippen molar-refractivity contribution in [2.75, 3.05) is 7.11 Å². The fraction of sp³-hybridized carbons (Fsp3) is 0.182. The van der Waals surface area contributed by atoms with Gasteiger partial charge in [-0.25, -0.2) is 4.79 Å². The van der Waals surface area contributed by atoms with Crippen LogP contribution in [0.2, 0.25) is 5.02 Å². The molecule has 0 bridgehead atoms. The van der Waals surface area contributed by atoms with Crippen LogP contribution in [0.15, 0.2) is 24.3 Å². The molecule has 1 rings (SSSR count). The van der Waals surface area contributed by atoms with Gasteiger partial charge in [-0.2, -0.15) is 8.78 Å². The van der Waals surface area contributed by atoms with Crippen LogP contribution < -0.4 is 4.74 Å². The molecule has 0 saturated carbocycles. The first-order valence-electron chi connectivity index (χ1n) is 4.53. The lowest BCUT2D eigenvalue weighted by atomic mass is 10.2. The molecule has 3 nitrogen and oxygen atoms in total. The van der Waals surface area contributed by atoms with Crippen molar-refractivity contribution in [2.45, 2.75) is 6.61 Å². The van der Waals surface area contributed by atoms with Gasteiger partial charge in [-0.05, 0) is 24.3 Å². The number of carbonyl (C=O) groups is 1. The normalized spacial score (nSPS) is 10.9. The van der Waals surface area contributed by atoms with E-state index in [4.69, 9.17) is 11.6 Å². The topological polar surface area (TPSA) is 35.5 Å². The van der Waals surface area contributed by atoms with E-state index in [0.29, 0.717) is 5.02 Å². The van der Waals surface area contributed by atoms with Gasteiger partial charge in [0.05, 0.1) is 7.11 Å². The zero-order valence-corrected chi connectivity index (χ0v) is 9.58. The van der Waals surface area contributed by atoms with Crippen LogP contribution in [0.3, 0.4) is 0 Å². The van der Waals surface area contributed by atoms with Crippen molar-refractivity contribution in [3.8, 4) is 5.75 Å². The molecule has 1 aromatic carbocycles. The molecule has 6 heteroatoms. The monoisotopic (exact) mass is 262 g/mol. The number of halogens is 3. The summed E-state index contributed by atoms with van der Waals surface area (Å²) in [5.74, 6) is -0.669. The van der Waals surface area contributed by atoms with Crippen LogP contribution in [0.5, 0.6) is 5.75 Å². The quantitative estimate of drug-likeness (QED) is 0.618. The summed E-state index contributed by atoms with van der Waals surface area (Å²) in [5, 5.41) is 0.344. The van der Waals surface area contributed by atoms with Crippen LogP contribution in [0.1, 0.15) is 5.56 Å². The molecule has 0 aromatic heterocycles. The lowest BCUT2D eigenvalue weighted by Gasteiger charge is -2.07. The van der Waals surface area contributed by atoms with Crippen LogP contribution in [0.4, 0.5) is 8.78 Å². The van der Waals surface area contributed by atoms with E-state index < -0.39 is 12.6 Å². The van der Waals surface area contributed by atoms with Crippen molar-refractivity contribution in [2.24, 2.45) is 0 Å². The first kappa shape index (κ1) is 13.4. The highest BCUT2D eigenvalue weighted by Gasteiger charge is 2.08. The summed E-state index contributed by atoms with van der Waals surface area (Å²) in [7, 11) is 1.21. The third kappa shape index (κ3) is 4.40. The predicted molar refractivity (Wildman–Crippen MR) is 59.1 cm³/mol. The first-order chi connectivity index (χ1) is 8.02.